The molecule has 1 aromatic carbocycles. The van der Waals surface area contributed by atoms with Gasteiger partial charge in [-0.15, -0.1) is 0 Å². The van der Waals surface area contributed by atoms with Gasteiger partial charge in [0.05, 0.1) is 6.04 Å². The van der Waals surface area contributed by atoms with Crippen molar-refractivity contribution < 1.29 is 17.7 Å². The molecule has 1 unspecified atom stereocenters. The predicted octanol–water partition coefficient (Wildman–Crippen LogP) is 3.22. The molecule has 0 bridgehead atoms. The number of carbonyl (C=O) groups is 1. The summed E-state index contributed by atoms with van der Waals surface area (Å²) in [7, 11) is -3.67. The highest BCUT2D eigenvalue weighted by atomic mass is 35.5. The quantitative estimate of drug-likeness (QED) is 0.793. The van der Waals surface area contributed by atoms with E-state index in [4.69, 9.17) is 16.1 Å². The van der Waals surface area contributed by atoms with Crippen LogP contribution in [0.5, 0.6) is 0 Å². The number of rotatable bonds is 5. The number of nitrogens with one attached hydrogen (secondary N) is 1. The van der Waals surface area contributed by atoms with E-state index in [-0.39, 0.29) is 28.5 Å². The van der Waals surface area contributed by atoms with Crippen LogP contribution in [0.25, 0.3) is 0 Å². The molecule has 3 rings (SSSR count). The van der Waals surface area contributed by atoms with Crippen LogP contribution in [0, 0.1) is 19.8 Å². The Morgan fingerprint density at radius 1 is 1.25 bits per heavy atom. The number of piperidine rings is 1. The van der Waals surface area contributed by atoms with Gasteiger partial charge in [-0.1, -0.05) is 28.9 Å². The number of sulfonamides is 1. The lowest BCUT2D eigenvalue weighted by atomic mass is 9.96. The van der Waals surface area contributed by atoms with Crippen LogP contribution in [-0.2, 0) is 14.8 Å². The summed E-state index contributed by atoms with van der Waals surface area (Å²) < 4.78 is 32.1. The molecule has 152 valence electrons. The lowest BCUT2D eigenvalue weighted by molar-refractivity contribution is -0.126. The van der Waals surface area contributed by atoms with Gasteiger partial charge >= 0.3 is 0 Å². The Kier molecular flexibility index (Phi) is 6.12. The summed E-state index contributed by atoms with van der Waals surface area (Å²) >= 11 is 5.90. The zero-order valence-corrected chi connectivity index (χ0v) is 17.7. The third-order valence-corrected chi connectivity index (χ3v) is 7.51. The van der Waals surface area contributed by atoms with E-state index in [1.54, 1.807) is 26.0 Å². The molecule has 0 spiro atoms. The second-order valence-corrected chi connectivity index (χ2v) is 9.42. The van der Waals surface area contributed by atoms with E-state index in [0.29, 0.717) is 36.6 Å². The fourth-order valence-electron chi connectivity index (χ4n) is 3.50. The highest BCUT2D eigenvalue weighted by Gasteiger charge is 2.35. The number of halogens is 1. The number of hydrogen-bond acceptors (Lipinski definition) is 5. The molecule has 1 fully saturated rings. The molecular formula is C19H24ClN3O4S. The third kappa shape index (κ3) is 4.24. The zero-order chi connectivity index (χ0) is 20.5. The fraction of sp³-hybridized carbons (Fsp3) is 0.474. The molecule has 1 aromatic heterocycles. The van der Waals surface area contributed by atoms with E-state index < -0.39 is 10.0 Å². The summed E-state index contributed by atoms with van der Waals surface area (Å²) in [5.74, 6) is 0.0110. The maximum atomic E-state index is 12.9. The Labute approximate surface area is 170 Å². The molecule has 2 aromatic rings. The minimum absolute atomic E-state index is 0.0585. The Bertz CT molecular complexity index is 929. The first kappa shape index (κ1) is 20.8. The van der Waals surface area contributed by atoms with Crippen LogP contribution in [0.2, 0.25) is 5.02 Å². The number of carbonyl (C=O) groups excluding carboxylic acids is 1. The van der Waals surface area contributed by atoms with Crippen LogP contribution in [-0.4, -0.2) is 36.9 Å². The summed E-state index contributed by atoms with van der Waals surface area (Å²) in [6.07, 6.45) is 0.948. The van der Waals surface area contributed by atoms with E-state index in [0.717, 1.165) is 5.56 Å². The minimum atomic E-state index is -3.67. The second kappa shape index (κ2) is 8.23. The molecule has 0 saturated carbocycles. The van der Waals surface area contributed by atoms with Gasteiger partial charge in [0, 0.05) is 24.0 Å². The first-order valence-electron chi connectivity index (χ1n) is 9.19. The minimum Gasteiger partial charge on any atom is -0.360 e. The van der Waals surface area contributed by atoms with Gasteiger partial charge in [-0.2, -0.15) is 4.31 Å². The van der Waals surface area contributed by atoms with Crippen molar-refractivity contribution in [1.82, 2.24) is 14.8 Å². The smallest absolute Gasteiger partial charge is 0.248 e. The second-order valence-electron chi connectivity index (χ2n) is 7.11. The molecule has 0 aliphatic carbocycles. The average molecular weight is 426 g/mol. The van der Waals surface area contributed by atoms with Crippen LogP contribution in [0.4, 0.5) is 0 Å². The largest absolute Gasteiger partial charge is 0.360 e. The van der Waals surface area contributed by atoms with Crippen molar-refractivity contribution in [3.8, 4) is 0 Å². The van der Waals surface area contributed by atoms with Crippen LogP contribution in [0.1, 0.15) is 42.8 Å². The Balaban J connectivity index is 1.60. The van der Waals surface area contributed by atoms with Crippen LogP contribution in [0.3, 0.4) is 0 Å². The summed E-state index contributed by atoms with van der Waals surface area (Å²) in [4.78, 5) is 12.7. The Morgan fingerprint density at radius 3 is 2.39 bits per heavy atom. The van der Waals surface area contributed by atoms with Crippen molar-refractivity contribution in [2.75, 3.05) is 13.1 Å². The van der Waals surface area contributed by atoms with Gasteiger partial charge < -0.3 is 9.84 Å². The first-order chi connectivity index (χ1) is 13.2. The molecule has 1 aliphatic rings. The van der Waals surface area contributed by atoms with Crippen molar-refractivity contribution in [3.63, 3.8) is 0 Å². The summed E-state index contributed by atoms with van der Waals surface area (Å²) in [5, 5.41) is 7.39. The van der Waals surface area contributed by atoms with E-state index >= 15 is 0 Å². The molecule has 28 heavy (non-hydrogen) atoms. The highest BCUT2D eigenvalue weighted by molar-refractivity contribution is 7.89. The molecule has 1 saturated heterocycles. The number of aromatic nitrogens is 1. The lowest BCUT2D eigenvalue weighted by Gasteiger charge is -2.31. The SMILES string of the molecule is Cc1noc(C)c1S(=O)(=O)N1CCC(C(=O)NC(C)c2ccc(Cl)cc2)CC1. The number of benzene rings is 1. The van der Waals surface area contributed by atoms with Crippen LogP contribution >= 0.6 is 11.6 Å². The lowest BCUT2D eigenvalue weighted by Crippen LogP contribution is -2.43. The van der Waals surface area contributed by atoms with Crippen molar-refractivity contribution in [2.24, 2.45) is 5.92 Å². The van der Waals surface area contributed by atoms with Crippen LogP contribution < -0.4 is 5.32 Å². The van der Waals surface area contributed by atoms with Crippen molar-refractivity contribution in [3.05, 3.63) is 46.3 Å². The van der Waals surface area contributed by atoms with Gasteiger partial charge in [0.1, 0.15) is 10.6 Å². The van der Waals surface area contributed by atoms with Gasteiger partial charge in [-0.25, -0.2) is 8.42 Å². The molecule has 7 nitrogen and oxygen atoms in total. The zero-order valence-electron chi connectivity index (χ0n) is 16.1. The van der Waals surface area contributed by atoms with Crippen molar-refractivity contribution in [1.29, 1.82) is 0 Å². The maximum Gasteiger partial charge on any atom is 0.248 e. The molecule has 9 heteroatoms. The number of nitrogens with zero attached hydrogens (tertiary/aromatic N) is 2. The molecule has 2 heterocycles. The van der Waals surface area contributed by atoms with E-state index in [1.807, 2.05) is 19.1 Å². The Hall–Kier alpha value is -1.90. The monoisotopic (exact) mass is 425 g/mol. The number of hydrogen-bond donors (Lipinski definition) is 1. The highest BCUT2D eigenvalue weighted by Crippen LogP contribution is 2.28. The summed E-state index contributed by atoms with van der Waals surface area (Å²) in [6.45, 7) is 5.70. The molecular weight excluding hydrogens is 402 g/mol. The fourth-order valence-corrected chi connectivity index (χ4v) is 5.38. The van der Waals surface area contributed by atoms with Gasteiger partial charge in [0.2, 0.25) is 15.9 Å². The van der Waals surface area contributed by atoms with Gasteiger partial charge in [0.15, 0.2) is 5.76 Å². The molecule has 1 N–H and O–H groups in total. The molecule has 1 amide bonds. The average Bonchev–Trinajstić information content (AvgIpc) is 3.01. The number of aryl methyl sites for hydroxylation is 2. The maximum absolute atomic E-state index is 12.9. The van der Waals surface area contributed by atoms with E-state index in [2.05, 4.69) is 10.5 Å². The third-order valence-electron chi connectivity index (χ3n) is 5.12. The van der Waals surface area contributed by atoms with Crippen molar-refractivity contribution in [2.45, 2.75) is 44.6 Å². The summed E-state index contributed by atoms with van der Waals surface area (Å²) in [5.41, 5.74) is 1.32. The van der Waals surface area contributed by atoms with Gasteiger partial charge in [-0.3, -0.25) is 4.79 Å². The molecule has 0 radical (unpaired) electrons. The topological polar surface area (TPSA) is 92.5 Å². The molecule has 1 atom stereocenters. The molecule has 1 aliphatic heterocycles. The normalized spacial score (nSPS) is 17.4. The Morgan fingerprint density at radius 2 is 1.86 bits per heavy atom. The standard InChI is InChI=1S/C19H24ClN3O4S/c1-12(15-4-6-17(20)7-5-15)21-19(24)16-8-10-23(11-9-16)28(25,26)18-13(2)22-27-14(18)3/h4-7,12,16H,8-11H2,1-3H3,(H,21,24). The van der Waals surface area contributed by atoms with Gasteiger partial charge in [-0.05, 0) is 51.3 Å². The first-order valence-corrected chi connectivity index (χ1v) is 11.0. The van der Waals surface area contributed by atoms with Gasteiger partial charge in [0.25, 0.3) is 0 Å². The predicted molar refractivity (Wildman–Crippen MR) is 105 cm³/mol. The van der Waals surface area contributed by atoms with E-state index in [1.165, 1.54) is 4.31 Å². The number of amides is 1. The van der Waals surface area contributed by atoms with E-state index in [9.17, 15) is 13.2 Å². The summed E-state index contributed by atoms with van der Waals surface area (Å²) in [6, 6.07) is 7.20. The van der Waals surface area contributed by atoms with Crippen LogP contribution in [0.15, 0.2) is 33.7 Å². The van der Waals surface area contributed by atoms with Crippen molar-refractivity contribution >= 4 is 27.5 Å².